The predicted molar refractivity (Wildman–Crippen MR) is 68.0 cm³/mol. The fourth-order valence-corrected chi connectivity index (χ4v) is 1.53. The Morgan fingerprint density at radius 2 is 2.06 bits per heavy atom. The molecule has 0 bridgehead atoms. The Hall–Kier alpha value is -1.39. The topological polar surface area (TPSA) is 72.5 Å². The average molecular weight is 257 g/mol. The Bertz CT molecular complexity index is 266. The summed E-state index contributed by atoms with van der Waals surface area (Å²) in [6.07, 6.45) is 3.91. The Morgan fingerprint density at radius 1 is 1.33 bits per heavy atom. The van der Waals surface area contributed by atoms with Crippen molar-refractivity contribution in [3.05, 3.63) is 0 Å². The number of carbonyl (C=O) groups is 3. The van der Waals surface area contributed by atoms with Crippen molar-refractivity contribution in [2.75, 3.05) is 6.61 Å². The first-order chi connectivity index (χ1) is 8.60. The van der Waals surface area contributed by atoms with Gasteiger partial charge in [0.2, 0.25) is 5.91 Å². The zero-order valence-electron chi connectivity index (χ0n) is 11.2. The average Bonchev–Trinajstić information content (AvgIpc) is 2.29. The van der Waals surface area contributed by atoms with E-state index < -0.39 is 0 Å². The molecular weight excluding hydrogens is 234 g/mol. The number of unbranched alkanes of at least 4 members (excludes halogenated alkanes) is 2. The first kappa shape index (κ1) is 16.6. The molecule has 0 rings (SSSR count). The smallest absolute Gasteiger partial charge is 0.293 e. The van der Waals surface area contributed by atoms with Crippen molar-refractivity contribution in [1.29, 1.82) is 0 Å². The van der Waals surface area contributed by atoms with Crippen LogP contribution < -0.4 is 5.32 Å². The Morgan fingerprint density at radius 3 is 2.67 bits per heavy atom. The highest BCUT2D eigenvalue weighted by atomic mass is 16.5. The Balaban J connectivity index is 3.68. The van der Waals surface area contributed by atoms with E-state index in [1.807, 2.05) is 6.92 Å². The molecule has 0 fully saturated rings. The van der Waals surface area contributed by atoms with Gasteiger partial charge in [0, 0.05) is 18.9 Å². The molecule has 1 unspecified atom stereocenters. The van der Waals surface area contributed by atoms with Crippen LogP contribution in [0.15, 0.2) is 0 Å². The third-order valence-corrected chi connectivity index (χ3v) is 2.56. The third kappa shape index (κ3) is 9.81. The number of carbonyl (C=O) groups excluding carboxylic acids is 3. The van der Waals surface area contributed by atoms with Gasteiger partial charge in [-0.15, -0.1) is 0 Å². The molecule has 0 heterocycles. The lowest BCUT2D eigenvalue weighted by Crippen LogP contribution is -2.34. The number of Topliss-reactive ketones (excluding diaryl/α,β-unsaturated/α-hetero) is 1. The SMILES string of the molecule is CCCCCC(=O)CC(=O)NC(C)CCOC=O. The molecule has 1 N–H and O–H groups in total. The van der Waals surface area contributed by atoms with Crippen LogP contribution in [-0.2, 0) is 19.1 Å². The van der Waals surface area contributed by atoms with E-state index in [1.54, 1.807) is 0 Å². The van der Waals surface area contributed by atoms with Crippen LogP contribution in [0.1, 0.15) is 52.4 Å². The largest absolute Gasteiger partial charge is 0.468 e. The molecule has 0 aliphatic carbocycles. The summed E-state index contributed by atoms with van der Waals surface area (Å²) in [5.41, 5.74) is 0. The maximum absolute atomic E-state index is 11.5. The van der Waals surface area contributed by atoms with Gasteiger partial charge in [-0.2, -0.15) is 0 Å². The molecular formula is C13H23NO4. The molecule has 18 heavy (non-hydrogen) atoms. The van der Waals surface area contributed by atoms with Crippen molar-refractivity contribution < 1.29 is 19.1 Å². The molecule has 0 saturated heterocycles. The minimum absolute atomic E-state index is 0.0164. The van der Waals surface area contributed by atoms with E-state index in [-0.39, 0.29) is 30.8 Å². The van der Waals surface area contributed by atoms with Crippen molar-refractivity contribution in [3.63, 3.8) is 0 Å². The predicted octanol–water partition coefficient (Wildman–Crippen LogP) is 1.59. The number of ether oxygens (including phenoxy) is 1. The summed E-state index contributed by atoms with van der Waals surface area (Å²) in [5.74, 6) is -0.271. The first-order valence-electron chi connectivity index (χ1n) is 6.46. The number of nitrogens with one attached hydrogen (secondary N) is 1. The number of hydrogen-bond donors (Lipinski definition) is 1. The summed E-state index contributed by atoms with van der Waals surface area (Å²) in [4.78, 5) is 32.9. The third-order valence-electron chi connectivity index (χ3n) is 2.56. The van der Waals surface area contributed by atoms with Crippen molar-refractivity contribution in [1.82, 2.24) is 5.32 Å². The monoisotopic (exact) mass is 257 g/mol. The quantitative estimate of drug-likeness (QED) is 0.346. The van der Waals surface area contributed by atoms with Crippen LogP contribution in [0.2, 0.25) is 0 Å². The highest BCUT2D eigenvalue weighted by molar-refractivity contribution is 5.98. The summed E-state index contributed by atoms with van der Waals surface area (Å²) in [5, 5.41) is 2.70. The molecule has 0 aromatic rings. The maximum atomic E-state index is 11.5. The zero-order chi connectivity index (χ0) is 13.8. The molecule has 1 amide bonds. The molecule has 0 saturated carbocycles. The van der Waals surface area contributed by atoms with Gasteiger partial charge in [0.15, 0.2) is 0 Å². The van der Waals surface area contributed by atoms with Crippen LogP contribution in [0.4, 0.5) is 0 Å². The molecule has 0 aliphatic heterocycles. The second kappa shape index (κ2) is 10.7. The lowest BCUT2D eigenvalue weighted by molar-refractivity contribution is -0.128. The van der Waals surface area contributed by atoms with Gasteiger partial charge in [-0.25, -0.2) is 0 Å². The summed E-state index contributed by atoms with van der Waals surface area (Å²) in [6.45, 7) is 4.54. The molecule has 0 spiro atoms. The van der Waals surface area contributed by atoms with Crippen LogP contribution in [0.5, 0.6) is 0 Å². The van der Waals surface area contributed by atoms with Gasteiger partial charge in [-0.05, 0) is 13.3 Å². The van der Waals surface area contributed by atoms with Crippen molar-refractivity contribution >= 4 is 18.2 Å². The molecule has 0 aromatic heterocycles. The van der Waals surface area contributed by atoms with Crippen LogP contribution in [0.3, 0.4) is 0 Å². The van der Waals surface area contributed by atoms with E-state index in [2.05, 4.69) is 17.0 Å². The van der Waals surface area contributed by atoms with Gasteiger partial charge in [0.1, 0.15) is 5.78 Å². The van der Waals surface area contributed by atoms with Crippen LogP contribution in [0, 0.1) is 0 Å². The zero-order valence-corrected chi connectivity index (χ0v) is 11.2. The minimum atomic E-state index is -0.255. The van der Waals surface area contributed by atoms with E-state index in [4.69, 9.17) is 0 Å². The number of ketones is 1. The molecule has 0 aromatic carbocycles. The van der Waals surface area contributed by atoms with Crippen molar-refractivity contribution in [2.24, 2.45) is 0 Å². The highest BCUT2D eigenvalue weighted by Crippen LogP contribution is 2.02. The lowest BCUT2D eigenvalue weighted by atomic mass is 10.1. The van der Waals surface area contributed by atoms with Gasteiger partial charge >= 0.3 is 0 Å². The molecule has 104 valence electrons. The van der Waals surface area contributed by atoms with Gasteiger partial charge < -0.3 is 10.1 Å². The van der Waals surface area contributed by atoms with E-state index in [0.29, 0.717) is 19.3 Å². The number of rotatable bonds is 11. The van der Waals surface area contributed by atoms with Crippen LogP contribution in [-0.4, -0.2) is 30.8 Å². The standard InChI is InChI=1S/C13H23NO4/c1-3-4-5-6-12(16)9-13(17)14-11(2)7-8-18-10-15/h10-11H,3-9H2,1-2H3,(H,14,17). The van der Waals surface area contributed by atoms with Crippen molar-refractivity contribution in [2.45, 2.75) is 58.4 Å². The van der Waals surface area contributed by atoms with Gasteiger partial charge in [0.25, 0.3) is 6.47 Å². The van der Waals surface area contributed by atoms with Gasteiger partial charge in [-0.3, -0.25) is 14.4 Å². The fourth-order valence-electron chi connectivity index (χ4n) is 1.53. The van der Waals surface area contributed by atoms with Crippen molar-refractivity contribution in [3.8, 4) is 0 Å². The summed E-state index contributed by atoms with van der Waals surface area (Å²) >= 11 is 0. The summed E-state index contributed by atoms with van der Waals surface area (Å²) in [6, 6.07) is -0.0964. The highest BCUT2D eigenvalue weighted by Gasteiger charge is 2.11. The van der Waals surface area contributed by atoms with Gasteiger partial charge in [-0.1, -0.05) is 19.8 Å². The lowest BCUT2D eigenvalue weighted by Gasteiger charge is -2.12. The minimum Gasteiger partial charge on any atom is -0.468 e. The van der Waals surface area contributed by atoms with Crippen LogP contribution >= 0.6 is 0 Å². The second-order valence-corrected chi connectivity index (χ2v) is 4.40. The number of amides is 1. The first-order valence-corrected chi connectivity index (χ1v) is 6.46. The normalized spacial score (nSPS) is 11.7. The van der Waals surface area contributed by atoms with Crippen LogP contribution in [0.25, 0.3) is 0 Å². The second-order valence-electron chi connectivity index (χ2n) is 4.40. The molecule has 5 nitrogen and oxygen atoms in total. The number of hydrogen-bond acceptors (Lipinski definition) is 4. The fraction of sp³-hybridized carbons (Fsp3) is 0.769. The van der Waals surface area contributed by atoms with E-state index in [0.717, 1.165) is 19.3 Å². The summed E-state index contributed by atoms with van der Waals surface area (Å²) < 4.78 is 4.53. The molecule has 1 atom stereocenters. The molecule has 0 radical (unpaired) electrons. The molecule has 0 aliphatic rings. The maximum Gasteiger partial charge on any atom is 0.293 e. The van der Waals surface area contributed by atoms with E-state index >= 15 is 0 Å². The Labute approximate surface area is 108 Å². The Kier molecular flexibility index (Phi) is 9.91. The van der Waals surface area contributed by atoms with Gasteiger partial charge in [0.05, 0.1) is 13.0 Å². The van der Waals surface area contributed by atoms with E-state index in [9.17, 15) is 14.4 Å². The molecule has 5 heteroatoms. The van der Waals surface area contributed by atoms with E-state index in [1.165, 1.54) is 0 Å². The summed E-state index contributed by atoms with van der Waals surface area (Å²) in [7, 11) is 0.